The second kappa shape index (κ2) is 9.36. The number of carbonyl (C=O) groups excluding carboxylic acids is 1. The molecule has 2 aromatic carbocycles. The third-order valence-corrected chi connectivity index (χ3v) is 6.03. The molecule has 1 aliphatic rings. The zero-order chi connectivity index (χ0) is 20.9. The first-order valence-corrected chi connectivity index (χ1v) is 10.8. The molecule has 1 saturated heterocycles. The van der Waals surface area contributed by atoms with Crippen LogP contribution in [0.4, 0.5) is 4.39 Å². The molecule has 0 unspecified atom stereocenters. The Morgan fingerprint density at radius 2 is 1.87 bits per heavy atom. The van der Waals surface area contributed by atoms with E-state index >= 15 is 0 Å². The number of aliphatic hydroxyl groups excluding tert-OH is 1. The monoisotopic (exact) mass is 426 g/mol. The van der Waals surface area contributed by atoms with E-state index in [9.17, 15) is 14.3 Å². The van der Waals surface area contributed by atoms with E-state index in [2.05, 4.69) is 4.98 Å². The number of aromatic nitrogens is 1. The first-order valence-electron chi connectivity index (χ1n) is 9.97. The number of ether oxygens (including phenoxy) is 1. The number of rotatable bonds is 5. The van der Waals surface area contributed by atoms with Crippen molar-refractivity contribution in [2.24, 2.45) is 0 Å². The molecule has 1 aromatic heterocycles. The summed E-state index contributed by atoms with van der Waals surface area (Å²) in [4.78, 5) is 19.1. The van der Waals surface area contributed by atoms with Gasteiger partial charge >= 0.3 is 0 Å². The number of para-hydroxylation sites is 1. The second-order valence-electron chi connectivity index (χ2n) is 7.31. The summed E-state index contributed by atoms with van der Waals surface area (Å²) in [6.07, 6.45) is 0.139. The normalized spacial score (nSPS) is 19.3. The molecule has 0 aliphatic carbocycles. The molecule has 30 heavy (non-hydrogen) atoms. The molecule has 2 atom stereocenters. The van der Waals surface area contributed by atoms with Crippen molar-refractivity contribution >= 4 is 17.2 Å². The zero-order valence-electron chi connectivity index (χ0n) is 16.4. The van der Waals surface area contributed by atoms with Crippen LogP contribution in [0.25, 0.3) is 0 Å². The second-order valence-corrected chi connectivity index (χ2v) is 8.26. The number of likely N-dealkylation sites (tertiary alicyclic amines) is 1. The Hall–Kier alpha value is -2.77. The van der Waals surface area contributed by atoms with Gasteiger partial charge in [-0.15, -0.1) is 11.3 Å². The number of hydrogen-bond donors (Lipinski definition) is 1. The predicted molar refractivity (Wildman–Crippen MR) is 113 cm³/mol. The maximum absolute atomic E-state index is 13.9. The van der Waals surface area contributed by atoms with Crippen LogP contribution in [0, 0.1) is 5.82 Å². The third kappa shape index (κ3) is 4.86. The number of carbonyl (C=O) groups is 1. The summed E-state index contributed by atoms with van der Waals surface area (Å²) in [5.41, 5.74) is 1.57. The highest BCUT2D eigenvalue weighted by molar-refractivity contribution is 7.09. The standard InChI is InChI=1S/C23H23FN2O3S/c24-17-8-4-5-9-20(17)29-21-11-13-26(12-10-19(21)27)23(28)18-15-30-22(25-18)14-16-6-2-1-3-7-16/h1-9,15,19,21,27H,10-14H2/t19-,21-/m0/s1. The Labute approximate surface area is 178 Å². The van der Waals surface area contributed by atoms with E-state index in [1.54, 1.807) is 28.5 Å². The first-order chi connectivity index (χ1) is 14.6. The van der Waals surface area contributed by atoms with Crippen LogP contribution in [-0.2, 0) is 6.42 Å². The van der Waals surface area contributed by atoms with Gasteiger partial charge < -0.3 is 14.7 Å². The van der Waals surface area contributed by atoms with E-state index in [0.29, 0.717) is 38.0 Å². The van der Waals surface area contributed by atoms with Crippen molar-refractivity contribution in [1.82, 2.24) is 9.88 Å². The van der Waals surface area contributed by atoms with Gasteiger partial charge in [0, 0.05) is 31.3 Å². The molecule has 0 radical (unpaired) electrons. The summed E-state index contributed by atoms with van der Waals surface area (Å²) in [5.74, 6) is -0.494. The summed E-state index contributed by atoms with van der Waals surface area (Å²) < 4.78 is 19.6. The van der Waals surface area contributed by atoms with Crippen LogP contribution in [0.2, 0.25) is 0 Å². The number of benzene rings is 2. The minimum absolute atomic E-state index is 0.117. The number of halogens is 1. The third-order valence-electron chi connectivity index (χ3n) is 5.18. The van der Waals surface area contributed by atoms with Crippen molar-refractivity contribution in [2.45, 2.75) is 31.5 Å². The molecule has 1 fully saturated rings. The van der Waals surface area contributed by atoms with E-state index in [1.807, 2.05) is 30.3 Å². The topological polar surface area (TPSA) is 62.7 Å². The molecular formula is C23H23FN2O3S. The molecular weight excluding hydrogens is 403 g/mol. The molecule has 1 aliphatic heterocycles. The van der Waals surface area contributed by atoms with Crippen LogP contribution >= 0.6 is 11.3 Å². The van der Waals surface area contributed by atoms with Crippen LogP contribution in [0.1, 0.15) is 33.9 Å². The number of hydrogen-bond acceptors (Lipinski definition) is 5. The maximum atomic E-state index is 13.9. The van der Waals surface area contributed by atoms with Gasteiger partial charge in [0.05, 0.1) is 11.1 Å². The Kier molecular flexibility index (Phi) is 6.40. The molecule has 1 amide bonds. The maximum Gasteiger partial charge on any atom is 0.273 e. The highest BCUT2D eigenvalue weighted by atomic mass is 32.1. The lowest BCUT2D eigenvalue weighted by Crippen LogP contribution is -2.33. The van der Waals surface area contributed by atoms with Crippen molar-refractivity contribution in [2.75, 3.05) is 13.1 Å². The molecule has 5 nitrogen and oxygen atoms in total. The van der Waals surface area contributed by atoms with Crippen LogP contribution in [0.3, 0.4) is 0 Å². The molecule has 156 valence electrons. The summed E-state index contributed by atoms with van der Waals surface area (Å²) >= 11 is 1.47. The summed E-state index contributed by atoms with van der Waals surface area (Å²) in [6, 6.07) is 16.1. The van der Waals surface area contributed by atoms with Gasteiger partial charge in [-0.3, -0.25) is 4.79 Å². The van der Waals surface area contributed by atoms with Crippen molar-refractivity contribution in [3.05, 3.63) is 82.1 Å². The van der Waals surface area contributed by atoms with Crippen LogP contribution in [0.5, 0.6) is 5.75 Å². The van der Waals surface area contributed by atoms with Gasteiger partial charge in [-0.25, -0.2) is 9.37 Å². The lowest BCUT2D eigenvalue weighted by Gasteiger charge is -2.22. The van der Waals surface area contributed by atoms with E-state index in [1.165, 1.54) is 17.4 Å². The number of aliphatic hydroxyl groups is 1. The lowest BCUT2D eigenvalue weighted by molar-refractivity contribution is 0.0328. The number of nitrogens with zero attached hydrogens (tertiary/aromatic N) is 2. The Bertz CT molecular complexity index is 995. The molecule has 0 saturated carbocycles. The SMILES string of the molecule is O=C(c1csc(Cc2ccccc2)n1)N1CC[C@H](Oc2ccccc2F)[C@@H](O)CC1. The van der Waals surface area contributed by atoms with Crippen molar-refractivity contribution < 1.29 is 19.0 Å². The molecule has 1 N–H and O–H groups in total. The van der Waals surface area contributed by atoms with E-state index in [4.69, 9.17) is 4.74 Å². The Balaban J connectivity index is 1.39. The molecule has 0 spiro atoms. The largest absolute Gasteiger partial charge is 0.485 e. The van der Waals surface area contributed by atoms with Crippen LogP contribution in [-0.4, -0.2) is 46.2 Å². The highest BCUT2D eigenvalue weighted by Gasteiger charge is 2.30. The van der Waals surface area contributed by atoms with E-state index in [-0.39, 0.29) is 11.7 Å². The van der Waals surface area contributed by atoms with Crippen LogP contribution in [0.15, 0.2) is 60.0 Å². The number of thiazole rings is 1. The van der Waals surface area contributed by atoms with Gasteiger partial charge in [-0.2, -0.15) is 0 Å². The van der Waals surface area contributed by atoms with Gasteiger partial charge in [0.1, 0.15) is 11.8 Å². The summed E-state index contributed by atoms with van der Waals surface area (Å²) in [5, 5.41) is 13.1. The lowest BCUT2D eigenvalue weighted by atomic mass is 10.1. The summed E-state index contributed by atoms with van der Waals surface area (Å²) in [7, 11) is 0. The minimum atomic E-state index is -0.772. The average Bonchev–Trinajstić information content (AvgIpc) is 3.14. The quantitative estimate of drug-likeness (QED) is 0.672. The van der Waals surface area contributed by atoms with E-state index < -0.39 is 18.0 Å². The summed E-state index contributed by atoms with van der Waals surface area (Å²) in [6.45, 7) is 0.823. The average molecular weight is 427 g/mol. The number of amides is 1. The van der Waals surface area contributed by atoms with Crippen molar-refractivity contribution in [3.8, 4) is 5.75 Å². The van der Waals surface area contributed by atoms with Gasteiger partial charge in [0.25, 0.3) is 5.91 Å². The minimum Gasteiger partial charge on any atom is -0.485 e. The Morgan fingerprint density at radius 1 is 1.13 bits per heavy atom. The van der Waals surface area contributed by atoms with E-state index in [0.717, 1.165) is 10.6 Å². The van der Waals surface area contributed by atoms with Crippen LogP contribution < -0.4 is 4.74 Å². The predicted octanol–water partition coefficient (Wildman–Crippen LogP) is 3.92. The zero-order valence-corrected chi connectivity index (χ0v) is 17.2. The fraction of sp³-hybridized carbons (Fsp3) is 0.304. The molecule has 0 bridgehead atoms. The fourth-order valence-electron chi connectivity index (χ4n) is 3.53. The Morgan fingerprint density at radius 3 is 2.67 bits per heavy atom. The molecule has 4 rings (SSSR count). The smallest absolute Gasteiger partial charge is 0.273 e. The fourth-order valence-corrected chi connectivity index (χ4v) is 4.33. The van der Waals surface area contributed by atoms with Gasteiger partial charge in [0.15, 0.2) is 11.6 Å². The van der Waals surface area contributed by atoms with Crippen molar-refractivity contribution in [1.29, 1.82) is 0 Å². The first kappa shape index (κ1) is 20.5. The van der Waals surface area contributed by atoms with Crippen molar-refractivity contribution in [3.63, 3.8) is 0 Å². The molecule has 2 heterocycles. The van der Waals surface area contributed by atoms with Gasteiger partial charge in [-0.1, -0.05) is 42.5 Å². The molecule has 3 aromatic rings. The van der Waals surface area contributed by atoms with Gasteiger partial charge in [0.2, 0.25) is 0 Å². The molecule has 7 heteroatoms. The van der Waals surface area contributed by atoms with Gasteiger partial charge in [-0.05, 0) is 24.1 Å². The highest BCUT2D eigenvalue weighted by Crippen LogP contribution is 2.23.